The van der Waals surface area contributed by atoms with Crippen molar-refractivity contribution in [2.75, 3.05) is 32.8 Å². The topological polar surface area (TPSA) is 78.9 Å². The van der Waals surface area contributed by atoms with Crippen molar-refractivity contribution in [3.05, 3.63) is 16.1 Å². The molecule has 1 saturated heterocycles. The minimum atomic E-state index is -0.208. The number of aryl methyl sites for hydroxylation is 1. The molecule has 2 rings (SSSR count). The van der Waals surface area contributed by atoms with Gasteiger partial charge in [0.1, 0.15) is 0 Å². The summed E-state index contributed by atoms with van der Waals surface area (Å²) in [5, 5.41) is 7.90. The van der Waals surface area contributed by atoms with Crippen LogP contribution in [0.15, 0.2) is 11.2 Å². The number of likely N-dealkylation sites (tertiary alicyclic amines) is 1. The van der Waals surface area contributed by atoms with Crippen LogP contribution in [0.4, 0.5) is 4.79 Å². The first-order valence-corrected chi connectivity index (χ1v) is 9.81. The van der Waals surface area contributed by atoms with Gasteiger partial charge in [0, 0.05) is 49.7 Å². The second-order valence-electron chi connectivity index (χ2n) is 5.98. The van der Waals surface area contributed by atoms with Crippen molar-refractivity contribution in [1.82, 2.24) is 20.5 Å². The van der Waals surface area contributed by atoms with Crippen LogP contribution in [-0.2, 0) is 11.2 Å². The highest BCUT2D eigenvalue weighted by Gasteiger charge is 2.23. The van der Waals surface area contributed by atoms with Gasteiger partial charge in [0.25, 0.3) is 0 Å². The van der Waals surface area contributed by atoms with Crippen molar-refractivity contribution in [2.45, 2.75) is 46.1 Å². The number of rotatable bonds is 6. The highest BCUT2D eigenvalue weighted by molar-refractivity contribution is 14.0. The van der Waals surface area contributed by atoms with Crippen LogP contribution >= 0.6 is 35.3 Å². The van der Waals surface area contributed by atoms with Gasteiger partial charge in [-0.25, -0.2) is 9.78 Å². The maximum Gasteiger partial charge on any atom is 0.409 e. The third-order valence-corrected chi connectivity index (χ3v) is 4.94. The molecule has 2 heterocycles. The summed E-state index contributed by atoms with van der Waals surface area (Å²) < 4.78 is 5.06. The number of nitrogens with zero attached hydrogens (tertiary/aromatic N) is 3. The summed E-state index contributed by atoms with van der Waals surface area (Å²) in [5.74, 6) is 0.838. The molecule has 0 unspecified atom stereocenters. The van der Waals surface area contributed by atoms with E-state index in [4.69, 9.17) is 4.74 Å². The number of aliphatic imine (C=N–C) groups is 1. The van der Waals surface area contributed by atoms with E-state index in [1.165, 1.54) is 4.88 Å². The maximum atomic E-state index is 11.7. The lowest BCUT2D eigenvalue weighted by atomic mass is 10.1. The van der Waals surface area contributed by atoms with Crippen LogP contribution in [0.2, 0.25) is 0 Å². The molecule has 148 valence electrons. The molecule has 9 heteroatoms. The Morgan fingerprint density at radius 2 is 2.15 bits per heavy atom. The predicted octanol–water partition coefficient (Wildman–Crippen LogP) is 2.79. The largest absolute Gasteiger partial charge is 0.450 e. The molecule has 0 aromatic carbocycles. The molecule has 0 spiro atoms. The number of nitrogens with one attached hydrogen (secondary N) is 2. The lowest BCUT2D eigenvalue weighted by Gasteiger charge is -2.32. The quantitative estimate of drug-likeness (QED) is 0.361. The number of amides is 1. The zero-order valence-electron chi connectivity index (χ0n) is 15.8. The number of hydrogen-bond donors (Lipinski definition) is 2. The Kier molecular flexibility index (Phi) is 10.9. The third-order valence-electron chi connectivity index (χ3n) is 3.97. The lowest BCUT2D eigenvalue weighted by Crippen LogP contribution is -2.50. The molecule has 1 aromatic rings. The summed E-state index contributed by atoms with van der Waals surface area (Å²) in [5.41, 5.74) is 0. The van der Waals surface area contributed by atoms with Crippen molar-refractivity contribution >= 4 is 47.4 Å². The second-order valence-corrected chi connectivity index (χ2v) is 7.30. The number of piperidine rings is 1. The van der Waals surface area contributed by atoms with Gasteiger partial charge in [-0.05, 0) is 33.6 Å². The third kappa shape index (κ3) is 7.65. The summed E-state index contributed by atoms with van der Waals surface area (Å²) >= 11 is 1.72. The van der Waals surface area contributed by atoms with Crippen LogP contribution in [0, 0.1) is 6.92 Å². The molecule has 0 saturated carbocycles. The molecule has 1 aliphatic rings. The van der Waals surface area contributed by atoms with Gasteiger partial charge in [-0.15, -0.1) is 35.3 Å². The van der Waals surface area contributed by atoms with E-state index < -0.39 is 0 Å². The van der Waals surface area contributed by atoms with Crippen LogP contribution in [0.3, 0.4) is 0 Å². The van der Waals surface area contributed by atoms with E-state index in [-0.39, 0.29) is 30.1 Å². The molecule has 1 fully saturated rings. The highest BCUT2D eigenvalue weighted by Crippen LogP contribution is 2.12. The Hall–Kier alpha value is -1.10. The summed E-state index contributed by atoms with van der Waals surface area (Å²) in [6.45, 7) is 9.35. The molecular weight excluding hydrogens is 465 g/mol. The Bertz CT molecular complexity index is 573. The van der Waals surface area contributed by atoms with Gasteiger partial charge in [-0.2, -0.15) is 0 Å². The van der Waals surface area contributed by atoms with Crippen LogP contribution < -0.4 is 10.6 Å². The minimum absolute atomic E-state index is 0. The molecule has 26 heavy (non-hydrogen) atoms. The molecule has 1 aliphatic heterocycles. The number of carbonyl (C=O) groups is 1. The van der Waals surface area contributed by atoms with E-state index in [1.54, 1.807) is 16.2 Å². The number of guanidine groups is 1. The minimum Gasteiger partial charge on any atom is -0.450 e. The van der Waals surface area contributed by atoms with Crippen molar-refractivity contribution in [1.29, 1.82) is 0 Å². The number of ether oxygens (including phenoxy) is 1. The van der Waals surface area contributed by atoms with E-state index in [1.807, 2.05) is 13.1 Å². The molecule has 2 N–H and O–H groups in total. The van der Waals surface area contributed by atoms with Crippen LogP contribution in [0.5, 0.6) is 0 Å². The van der Waals surface area contributed by atoms with Crippen molar-refractivity contribution < 1.29 is 9.53 Å². The first-order valence-electron chi connectivity index (χ1n) is 9.00. The second kappa shape index (κ2) is 12.3. The number of carbonyl (C=O) groups excluding carboxylic acids is 1. The number of thiazole rings is 1. The normalized spacial score (nSPS) is 15.3. The smallest absolute Gasteiger partial charge is 0.409 e. The standard InChI is InChI=1S/C17H29N5O2S.HI/c1-4-18-16(19-9-6-15-20-12-13(3)25-15)21-14-7-10-22(11-8-14)17(23)24-5-2;/h12,14H,4-11H2,1-3H3,(H2,18,19,21);1H. The van der Waals surface area contributed by atoms with Crippen LogP contribution in [0.25, 0.3) is 0 Å². The Morgan fingerprint density at radius 3 is 2.73 bits per heavy atom. The molecule has 0 aliphatic carbocycles. The van der Waals surface area contributed by atoms with Gasteiger partial charge in [0.2, 0.25) is 0 Å². The molecule has 0 radical (unpaired) electrons. The SMILES string of the molecule is CCNC(=NCCc1ncc(C)s1)NC1CCN(C(=O)OCC)CC1.I. The van der Waals surface area contributed by atoms with Gasteiger partial charge in [-0.3, -0.25) is 4.99 Å². The summed E-state index contributed by atoms with van der Waals surface area (Å²) in [4.78, 5) is 23.8. The zero-order chi connectivity index (χ0) is 18.1. The molecule has 0 atom stereocenters. The fourth-order valence-electron chi connectivity index (χ4n) is 2.71. The van der Waals surface area contributed by atoms with Crippen LogP contribution in [-0.4, -0.2) is 60.8 Å². The average molecular weight is 495 g/mol. The number of halogens is 1. The van der Waals surface area contributed by atoms with Gasteiger partial charge >= 0.3 is 6.09 Å². The van der Waals surface area contributed by atoms with Gasteiger partial charge in [0.05, 0.1) is 11.6 Å². The summed E-state index contributed by atoms with van der Waals surface area (Å²) in [6, 6.07) is 0.325. The summed E-state index contributed by atoms with van der Waals surface area (Å²) in [7, 11) is 0. The average Bonchev–Trinajstić information content (AvgIpc) is 3.01. The lowest BCUT2D eigenvalue weighted by molar-refractivity contribution is 0.0963. The van der Waals surface area contributed by atoms with Gasteiger partial charge < -0.3 is 20.3 Å². The van der Waals surface area contributed by atoms with E-state index in [9.17, 15) is 4.79 Å². The van der Waals surface area contributed by atoms with Crippen molar-refractivity contribution in [3.63, 3.8) is 0 Å². The Balaban J connectivity index is 0.00000338. The number of aromatic nitrogens is 1. The highest BCUT2D eigenvalue weighted by atomic mass is 127. The Morgan fingerprint density at radius 1 is 1.42 bits per heavy atom. The molecule has 1 amide bonds. The fourth-order valence-corrected chi connectivity index (χ4v) is 3.49. The molecule has 0 bridgehead atoms. The first kappa shape index (κ1) is 22.9. The van der Waals surface area contributed by atoms with Crippen LogP contribution in [0.1, 0.15) is 36.6 Å². The van der Waals surface area contributed by atoms with Crippen molar-refractivity contribution in [2.24, 2.45) is 4.99 Å². The summed E-state index contributed by atoms with van der Waals surface area (Å²) in [6.07, 6.45) is 4.35. The van der Waals surface area contributed by atoms with E-state index in [0.29, 0.717) is 32.3 Å². The van der Waals surface area contributed by atoms with Gasteiger partial charge in [0.15, 0.2) is 5.96 Å². The zero-order valence-corrected chi connectivity index (χ0v) is 18.9. The monoisotopic (exact) mass is 495 g/mol. The fraction of sp³-hybridized carbons (Fsp3) is 0.706. The first-order chi connectivity index (χ1) is 12.1. The Labute approximate surface area is 177 Å². The molecular formula is C17H30IN5O2S. The maximum absolute atomic E-state index is 11.7. The van der Waals surface area contributed by atoms with E-state index >= 15 is 0 Å². The van der Waals surface area contributed by atoms with E-state index in [0.717, 1.165) is 36.8 Å². The van der Waals surface area contributed by atoms with Gasteiger partial charge in [-0.1, -0.05) is 0 Å². The molecule has 1 aromatic heterocycles. The number of hydrogen-bond acceptors (Lipinski definition) is 5. The van der Waals surface area contributed by atoms with E-state index in [2.05, 4.69) is 34.5 Å². The predicted molar refractivity (Wildman–Crippen MR) is 117 cm³/mol. The van der Waals surface area contributed by atoms with Crippen molar-refractivity contribution in [3.8, 4) is 0 Å². The molecule has 7 nitrogen and oxygen atoms in total.